The molecular formula is C15H16O4. The molecule has 0 amide bonds. The highest BCUT2D eigenvalue weighted by Gasteiger charge is 2.45. The van der Waals surface area contributed by atoms with E-state index in [1.165, 1.54) is 13.2 Å². The summed E-state index contributed by atoms with van der Waals surface area (Å²) in [6.07, 6.45) is 3.13. The molecule has 4 heteroatoms. The van der Waals surface area contributed by atoms with Crippen LogP contribution >= 0.6 is 0 Å². The fourth-order valence-corrected chi connectivity index (χ4v) is 1.91. The van der Waals surface area contributed by atoms with Crippen LogP contribution in [0.2, 0.25) is 0 Å². The van der Waals surface area contributed by atoms with Crippen molar-refractivity contribution in [1.82, 2.24) is 0 Å². The molecule has 1 heterocycles. The molecule has 0 unspecified atom stereocenters. The molecule has 19 heavy (non-hydrogen) atoms. The second-order valence-corrected chi connectivity index (χ2v) is 4.76. The first-order valence-electron chi connectivity index (χ1n) is 6.10. The van der Waals surface area contributed by atoms with Gasteiger partial charge in [0.2, 0.25) is 0 Å². The molecule has 0 radical (unpaired) electrons. The van der Waals surface area contributed by atoms with E-state index in [9.17, 15) is 9.59 Å². The Morgan fingerprint density at radius 3 is 2.53 bits per heavy atom. The number of hydrogen-bond donors (Lipinski definition) is 0. The van der Waals surface area contributed by atoms with Crippen molar-refractivity contribution in [3.8, 4) is 5.75 Å². The molecule has 0 aromatic heterocycles. The van der Waals surface area contributed by atoms with E-state index in [0.29, 0.717) is 5.75 Å². The van der Waals surface area contributed by atoms with Crippen molar-refractivity contribution in [2.45, 2.75) is 32.8 Å². The quantitative estimate of drug-likeness (QED) is 0.465. The maximum Gasteiger partial charge on any atom is 0.363 e. The molecule has 0 spiro atoms. The van der Waals surface area contributed by atoms with Crippen molar-refractivity contribution in [2.24, 2.45) is 0 Å². The van der Waals surface area contributed by atoms with Crippen LogP contribution < -0.4 is 4.74 Å². The number of hydrogen-bond acceptors (Lipinski definition) is 4. The monoisotopic (exact) mass is 260 g/mol. The first-order valence-corrected chi connectivity index (χ1v) is 6.10. The highest BCUT2D eigenvalue weighted by Crippen LogP contribution is 2.27. The van der Waals surface area contributed by atoms with Crippen LogP contribution in [0.3, 0.4) is 0 Å². The van der Waals surface area contributed by atoms with Gasteiger partial charge in [-0.3, -0.25) is 4.79 Å². The molecule has 1 aromatic rings. The summed E-state index contributed by atoms with van der Waals surface area (Å²) < 4.78 is 10.6. The van der Waals surface area contributed by atoms with Crippen LogP contribution in [0.15, 0.2) is 30.5 Å². The van der Waals surface area contributed by atoms with Crippen molar-refractivity contribution in [2.75, 3.05) is 0 Å². The average Bonchev–Trinajstić information content (AvgIpc) is 2.37. The van der Waals surface area contributed by atoms with Gasteiger partial charge < -0.3 is 9.47 Å². The molecule has 0 saturated carbocycles. The van der Waals surface area contributed by atoms with Gasteiger partial charge in [-0.2, -0.15) is 0 Å². The number of esters is 1. The number of aryl methyl sites for hydroxylation is 2. The molecule has 1 aromatic carbocycles. The third-order valence-electron chi connectivity index (χ3n) is 3.23. The zero-order valence-electron chi connectivity index (χ0n) is 11.2. The summed E-state index contributed by atoms with van der Waals surface area (Å²) in [5, 5.41) is 0. The van der Waals surface area contributed by atoms with Crippen molar-refractivity contribution in [3.63, 3.8) is 0 Å². The lowest BCUT2D eigenvalue weighted by Crippen LogP contribution is -2.49. The lowest BCUT2D eigenvalue weighted by Gasteiger charge is -2.27. The molecule has 1 aliphatic heterocycles. The van der Waals surface area contributed by atoms with E-state index in [0.717, 1.165) is 11.1 Å². The summed E-state index contributed by atoms with van der Waals surface area (Å²) in [7, 11) is 0. The average molecular weight is 260 g/mol. The van der Waals surface area contributed by atoms with Gasteiger partial charge in [-0.1, -0.05) is 18.2 Å². The molecule has 0 fully saturated rings. The fraction of sp³-hybridized carbons (Fsp3) is 0.333. The number of Topliss-reactive ketones (excluding diaryl/α,β-unsaturated/α-hetero) is 1. The predicted octanol–water partition coefficient (Wildman–Crippen LogP) is 2.47. The largest absolute Gasteiger partial charge is 0.476 e. The van der Waals surface area contributed by atoms with E-state index in [1.54, 1.807) is 6.08 Å². The van der Waals surface area contributed by atoms with Crippen LogP contribution in [0, 0.1) is 13.8 Å². The zero-order chi connectivity index (χ0) is 14.0. The van der Waals surface area contributed by atoms with E-state index in [2.05, 4.69) is 0 Å². The summed E-state index contributed by atoms with van der Waals surface area (Å²) in [4.78, 5) is 24.0. The van der Waals surface area contributed by atoms with Gasteiger partial charge in [0.1, 0.15) is 5.75 Å². The van der Waals surface area contributed by atoms with Crippen molar-refractivity contribution >= 4 is 11.8 Å². The summed E-state index contributed by atoms with van der Waals surface area (Å²) in [5.41, 5.74) is 0.134. The molecule has 2 rings (SSSR count). The molecule has 0 saturated heterocycles. The van der Waals surface area contributed by atoms with Crippen LogP contribution in [0.1, 0.15) is 24.5 Å². The van der Waals surface area contributed by atoms with Gasteiger partial charge in [0.05, 0.1) is 6.26 Å². The summed E-state index contributed by atoms with van der Waals surface area (Å²) >= 11 is 0. The Hall–Kier alpha value is -2.10. The number of carbonyl (C=O) groups is 2. The van der Waals surface area contributed by atoms with E-state index < -0.39 is 11.6 Å². The number of rotatable bonds is 2. The zero-order valence-corrected chi connectivity index (χ0v) is 11.2. The molecule has 100 valence electrons. The van der Waals surface area contributed by atoms with Crippen LogP contribution in [0.4, 0.5) is 0 Å². The number of allylic oxidation sites excluding steroid dienone is 1. The lowest BCUT2D eigenvalue weighted by molar-refractivity contribution is -0.162. The minimum absolute atomic E-state index is 0.179. The maximum absolute atomic E-state index is 12.2. The molecule has 0 bridgehead atoms. The second-order valence-electron chi connectivity index (χ2n) is 4.76. The standard InChI is InChI=1S/C15H16O4/c1-10-6-4-7-11(2)13(10)19-14(17)15(3)12(16)8-5-9-18-15/h4-7,9H,8H2,1-3H3/t15-/m1/s1. The topological polar surface area (TPSA) is 52.6 Å². The smallest absolute Gasteiger partial charge is 0.363 e. The van der Waals surface area contributed by atoms with Crippen LogP contribution in [-0.2, 0) is 14.3 Å². The number of ketones is 1. The van der Waals surface area contributed by atoms with E-state index in [-0.39, 0.29) is 12.2 Å². The molecule has 4 nitrogen and oxygen atoms in total. The number of para-hydroxylation sites is 1. The van der Waals surface area contributed by atoms with Gasteiger partial charge >= 0.3 is 5.97 Å². The molecular weight excluding hydrogens is 244 g/mol. The fourth-order valence-electron chi connectivity index (χ4n) is 1.91. The van der Waals surface area contributed by atoms with Crippen LogP contribution in [0.5, 0.6) is 5.75 Å². The molecule has 1 atom stereocenters. The van der Waals surface area contributed by atoms with Gasteiger partial charge in [-0.05, 0) is 38.0 Å². The van der Waals surface area contributed by atoms with E-state index in [1.807, 2.05) is 32.0 Å². The highest BCUT2D eigenvalue weighted by atomic mass is 16.6. The Bertz CT molecular complexity index is 539. The summed E-state index contributed by atoms with van der Waals surface area (Å²) in [6, 6.07) is 5.58. The normalized spacial score (nSPS) is 21.9. The van der Waals surface area contributed by atoms with E-state index in [4.69, 9.17) is 9.47 Å². The van der Waals surface area contributed by atoms with Crippen LogP contribution in [0.25, 0.3) is 0 Å². The Labute approximate surface area is 112 Å². The van der Waals surface area contributed by atoms with Gasteiger partial charge in [-0.25, -0.2) is 4.79 Å². The van der Waals surface area contributed by atoms with Gasteiger partial charge in [0.15, 0.2) is 5.78 Å². The highest BCUT2D eigenvalue weighted by molar-refractivity contribution is 6.08. The Morgan fingerprint density at radius 1 is 1.32 bits per heavy atom. The minimum atomic E-state index is -1.55. The molecule has 0 aliphatic carbocycles. The van der Waals surface area contributed by atoms with Crippen LogP contribution in [-0.4, -0.2) is 17.4 Å². The third-order valence-corrected chi connectivity index (χ3v) is 3.23. The third kappa shape index (κ3) is 2.38. The summed E-state index contributed by atoms with van der Waals surface area (Å²) in [6.45, 7) is 5.14. The molecule has 0 N–H and O–H groups in total. The van der Waals surface area contributed by atoms with Gasteiger partial charge in [0, 0.05) is 6.42 Å². The Balaban J connectivity index is 2.26. The lowest BCUT2D eigenvalue weighted by atomic mass is 9.96. The second kappa shape index (κ2) is 4.88. The van der Waals surface area contributed by atoms with E-state index >= 15 is 0 Å². The molecule has 1 aliphatic rings. The Kier molecular flexibility index (Phi) is 3.42. The maximum atomic E-state index is 12.2. The first kappa shape index (κ1) is 13.3. The SMILES string of the molecule is Cc1cccc(C)c1OC(=O)[C@]1(C)OC=CCC1=O. The van der Waals surface area contributed by atoms with Crippen molar-refractivity contribution in [3.05, 3.63) is 41.7 Å². The summed E-state index contributed by atoms with van der Waals surface area (Å²) in [5.74, 6) is -0.495. The number of ether oxygens (including phenoxy) is 2. The first-order chi connectivity index (χ1) is 8.95. The Morgan fingerprint density at radius 2 is 1.95 bits per heavy atom. The number of benzene rings is 1. The van der Waals surface area contributed by atoms with Gasteiger partial charge in [0.25, 0.3) is 5.60 Å². The predicted molar refractivity (Wildman–Crippen MR) is 69.8 cm³/mol. The number of carbonyl (C=O) groups excluding carboxylic acids is 2. The van der Waals surface area contributed by atoms with Crippen molar-refractivity contribution < 1.29 is 19.1 Å². The minimum Gasteiger partial charge on any atom is -0.476 e. The van der Waals surface area contributed by atoms with Crippen molar-refractivity contribution in [1.29, 1.82) is 0 Å². The van der Waals surface area contributed by atoms with Gasteiger partial charge in [-0.15, -0.1) is 0 Å².